The van der Waals surface area contributed by atoms with Gasteiger partial charge in [-0.25, -0.2) is 4.52 Å². The number of aromatic nitrogens is 4. The summed E-state index contributed by atoms with van der Waals surface area (Å²) in [7, 11) is 1.89. The van der Waals surface area contributed by atoms with Crippen LogP contribution < -0.4 is 4.90 Å². The molecule has 2 atom stereocenters. The van der Waals surface area contributed by atoms with E-state index in [9.17, 15) is 10.1 Å². The van der Waals surface area contributed by atoms with Crippen LogP contribution in [0.5, 0.6) is 0 Å². The Morgan fingerprint density at radius 2 is 2.11 bits per heavy atom. The lowest BCUT2D eigenvalue weighted by atomic mass is 9.81. The van der Waals surface area contributed by atoms with Crippen LogP contribution in [0, 0.1) is 22.7 Å². The van der Waals surface area contributed by atoms with E-state index >= 15 is 0 Å². The van der Waals surface area contributed by atoms with Crippen molar-refractivity contribution in [3.8, 4) is 17.2 Å². The lowest BCUT2D eigenvalue weighted by Gasteiger charge is -2.25. The quantitative estimate of drug-likeness (QED) is 0.703. The Morgan fingerprint density at radius 3 is 2.75 bits per heavy atom. The van der Waals surface area contributed by atoms with E-state index in [1.54, 1.807) is 15.4 Å². The molecule has 3 aromatic rings. The highest BCUT2D eigenvalue weighted by Crippen LogP contribution is 2.54. The maximum Gasteiger partial charge on any atom is 0.248 e. The van der Waals surface area contributed by atoms with Crippen molar-refractivity contribution in [3.05, 3.63) is 36.9 Å². The number of hydrogen-bond acceptors (Lipinski definition) is 4. The van der Waals surface area contributed by atoms with Crippen molar-refractivity contribution in [1.82, 2.24) is 19.4 Å². The SMILES string of the molecule is CC[C@@H]1C[C@](C#N)(C2CC2)C(=O)N1c1ccnn2cc(-c3cnn(C)c3)cc12. The van der Waals surface area contributed by atoms with Crippen LogP contribution in [0.3, 0.4) is 0 Å². The van der Waals surface area contributed by atoms with E-state index in [2.05, 4.69) is 23.2 Å². The van der Waals surface area contributed by atoms with Gasteiger partial charge in [0.25, 0.3) is 0 Å². The molecule has 0 radical (unpaired) electrons. The second-order valence-electron chi connectivity index (χ2n) is 7.98. The lowest BCUT2D eigenvalue weighted by molar-refractivity contribution is -0.123. The molecule has 5 rings (SSSR count). The summed E-state index contributed by atoms with van der Waals surface area (Å²) in [5, 5.41) is 18.6. The molecular weight excluding hydrogens is 352 g/mol. The molecule has 1 saturated carbocycles. The summed E-state index contributed by atoms with van der Waals surface area (Å²) >= 11 is 0. The predicted octanol–water partition coefficient (Wildman–Crippen LogP) is 3.17. The van der Waals surface area contributed by atoms with Gasteiger partial charge in [-0.2, -0.15) is 15.5 Å². The number of hydrogen-bond donors (Lipinski definition) is 0. The Bertz CT molecular complexity index is 1120. The second kappa shape index (κ2) is 5.93. The summed E-state index contributed by atoms with van der Waals surface area (Å²) in [5.41, 5.74) is 2.85. The van der Waals surface area contributed by atoms with Crippen molar-refractivity contribution >= 4 is 17.1 Å². The molecule has 0 aromatic carbocycles. The van der Waals surface area contributed by atoms with Gasteiger partial charge in [-0.1, -0.05) is 6.92 Å². The molecule has 2 fully saturated rings. The molecule has 7 nitrogen and oxygen atoms in total. The lowest BCUT2D eigenvalue weighted by Crippen LogP contribution is -2.37. The molecule has 0 unspecified atom stereocenters. The van der Waals surface area contributed by atoms with Crippen molar-refractivity contribution in [3.63, 3.8) is 0 Å². The van der Waals surface area contributed by atoms with E-state index in [0.717, 1.165) is 41.6 Å². The summed E-state index contributed by atoms with van der Waals surface area (Å²) in [6.45, 7) is 2.09. The van der Waals surface area contributed by atoms with Crippen LogP contribution in [0.1, 0.15) is 32.6 Å². The molecule has 0 bridgehead atoms. The van der Waals surface area contributed by atoms with E-state index in [0.29, 0.717) is 6.42 Å². The number of nitriles is 1. The van der Waals surface area contributed by atoms with Gasteiger partial charge in [0, 0.05) is 42.8 Å². The summed E-state index contributed by atoms with van der Waals surface area (Å²) in [5.74, 6) is 0.168. The third kappa shape index (κ3) is 2.30. The van der Waals surface area contributed by atoms with Gasteiger partial charge in [-0.3, -0.25) is 9.48 Å². The van der Waals surface area contributed by atoms with E-state index in [1.165, 1.54) is 0 Å². The zero-order valence-corrected chi connectivity index (χ0v) is 16.0. The average molecular weight is 374 g/mol. The maximum absolute atomic E-state index is 13.5. The summed E-state index contributed by atoms with van der Waals surface area (Å²) in [6, 6.07) is 6.38. The average Bonchev–Trinajstić information content (AvgIpc) is 3.20. The Morgan fingerprint density at radius 1 is 1.29 bits per heavy atom. The molecule has 0 spiro atoms. The fraction of sp³-hybridized carbons (Fsp3) is 0.429. The molecule has 3 aromatic heterocycles. The third-order valence-corrected chi connectivity index (χ3v) is 6.25. The molecule has 1 aliphatic carbocycles. The first-order chi connectivity index (χ1) is 13.6. The number of carbonyl (C=O) groups excluding carboxylic acids is 1. The van der Waals surface area contributed by atoms with Crippen molar-refractivity contribution < 1.29 is 4.79 Å². The van der Waals surface area contributed by atoms with Crippen LogP contribution in [0.4, 0.5) is 5.69 Å². The van der Waals surface area contributed by atoms with Crippen LogP contribution >= 0.6 is 0 Å². The highest BCUT2D eigenvalue weighted by molar-refractivity contribution is 6.05. The summed E-state index contributed by atoms with van der Waals surface area (Å²) < 4.78 is 3.57. The molecule has 1 amide bonds. The fourth-order valence-corrected chi connectivity index (χ4v) is 4.60. The number of amides is 1. The smallest absolute Gasteiger partial charge is 0.248 e. The molecular formula is C21H22N6O. The van der Waals surface area contributed by atoms with Gasteiger partial charge < -0.3 is 4.90 Å². The van der Waals surface area contributed by atoms with Crippen molar-refractivity contribution in [2.45, 2.75) is 38.6 Å². The molecule has 4 heterocycles. The largest absolute Gasteiger partial charge is 0.306 e. The van der Waals surface area contributed by atoms with Crippen molar-refractivity contribution in [2.24, 2.45) is 18.4 Å². The van der Waals surface area contributed by atoms with E-state index in [-0.39, 0.29) is 17.9 Å². The van der Waals surface area contributed by atoms with Crippen LogP contribution in [0.15, 0.2) is 36.9 Å². The van der Waals surface area contributed by atoms with Gasteiger partial charge in [0.15, 0.2) is 0 Å². The van der Waals surface area contributed by atoms with E-state index in [4.69, 9.17) is 0 Å². The van der Waals surface area contributed by atoms with E-state index < -0.39 is 5.41 Å². The maximum atomic E-state index is 13.5. The van der Waals surface area contributed by atoms with Crippen LogP contribution in [-0.4, -0.2) is 31.3 Å². The number of anilines is 1. The minimum absolute atomic E-state index is 0.0377. The minimum atomic E-state index is -0.861. The summed E-state index contributed by atoms with van der Waals surface area (Å²) in [6.07, 6.45) is 10.8. The van der Waals surface area contributed by atoms with Crippen molar-refractivity contribution in [1.29, 1.82) is 5.26 Å². The number of carbonyl (C=O) groups is 1. The first kappa shape index (κ1) is 17.0. The zero-order valence-electron chi connectivity index (χ0n) is 16.0. The Kier molecular flexibility index (Phi) is 3.60. The molecule has 0 N–H and O–H groups in total. The Balaban J connectivity index is 1.63. The van der Waals surface area contributed by atoms with Gasteiger partial charge in [0.1, 0.15) is 5.41 Å². The van der Waals surface area contributed by atoms with Crippen molar-refractivity contribution in [2.75, 3.05) is 4.90 Å². The summed E-state index contributed by atoms with van der Waals surface area (Å²) in [4.78, 5) is 15.4. The predicted molar refractivity (Wildman–Crippen MR) is 104 cm³/mol. The highest BCUT2D eigenvalue weighted by Gasteiger charge is 2.59. The van der Waals surface area contributed by atoms with Crippen LogP contribution in [-0.2, 0) is 11.8 Å². The standard InChI is InChI=1S/C21H22N6O/c1-3-17-9-21(13-22,16-4-5-16)20(28)27(17)18-6-7-23-26-12-14(8-19(18)26)15-10-24-25(2)11-15/h6-8,10-12,16-17H,3-5,9H2,1-2H3/t17-,21+/m1/s1. The number of aryl methyl sites for hydroxylation is 1. The zero-order chi connectivity index (χ0) is 19.5. The second-order valence-corrected chi connectivity index (χ2v) is 7.98. The van der Waals surface area contributed by atoms with Gasteiger partial charge >= 0.3 is 0 Å². The Labute approximate surface area is 163 Å². The van der Waals surface area contributed by atoms with Gasteiger partial charge in [0.05, 0.1) is 23.5 Å². The van der Waals surface area contributed by atoms with Gasteiger partial charge in [-0.15, -0.1) is 0 Å². The fourth-order valence-electron chi connectivity index (χ4n) is 4.60. The molecule has 1 saturated heterocycles. The Hall–Kier alpha value is -3.14. The molecule has 2 aliphatic rings. The number of nitrogens with zero attached hydrogens (tertiary/aromatic N) is 6. The van der Waals surface area contributed by atoms with Crippen LogP contribution in [0.2, 0.25) is 0 Å². The van der Waals surface area contributed by atoms with Crippen LogP contribution in [0.25, 0.3) is 16.6 Å². The highest BCUT2D eigenvalue weighted by atomic mass is 16.2. The first-order valence-corrected chi connectivity index (χ1v) is 9.78. The topological polar surface area (TPSA) is 79.2 Å². The third-order valence-electron chi connectivity index (χ3n) is 6.25. The van der Waals surface area contributed by atoms with Gasteiger partial charge in [-0.05, 0) is 43.7 Å². The molecule has 1 aliphatic heterocycles. The molecule has 7 heteroatoms. The van der Waals surface area contributed by atoms with Gasteiger partial charge in [0.2, 0.25) is 5.91 Å². The monoisotopic (exact) mass is 374 g/mol. The number of rotatable bonds is 4. The number of fused-ring (bicyclic) bond motifs is 1. The normalized spacial score (nSPS) is 24.8. The minimum Gasteiger partial charge on any atom is -0.306 e. The first-order valence-electron chi connectivity index (χ1n) is 9.78. The van der Waals surface area contributed by atoms with E-state index in [1.807, 2.05) is 42.7 Å². The molecule has 142 valence electrons. The molecule has 28 heavy (non-hydrogen) atoms.